The first-order valence-electron chi connectivity index (χ1n) is 21.0. The second-order valence-corrected chi connectivity index (χ2v) is 16.7. The van der Waals surface area contributed by atoms with E-state index in [-0.39, 0.29) is 0 Å². The maximum absolute atomic E-state index is 11.7. The van der Waals surface area contributed by atoms with Crippen molar-refractivity contribution in [3.05, 3.63) is 0 Å². The van der Waals surface area contributed by atoms with Crippen LogP contribution in [0.2, 0.25) is 0 Å². The molecule has 0 spiro atoms. The lowest BCUT2D eigenvalue weighted by Gasteiger charge is -2.51. The molecule has 0 aromatic rings. The van der Waals surface area contributed by atoms with Crippen molar-refractivity contribution in [1.29, 1.82) is 0 Å². The van der Waals surface area contributed by atoms with Gasteiger partial charge in [-0.2, -0.15) is 0 Å². The van der Waals surface area contributed by atoms with Crippen molar-refractivity contribution in [1.82, 2.24) is 0 Å². The standard InChI is InChI=1S/C36H62O30/c1-7-13(42)26(24(53)34(56-7)63-27-16(45)10(4-39)57-31(55)23(27)52)62-35-25(54)28(17(46)11(5-40)60-35)64-36-30(66-33-22(51)20(49)15(44)9(3-38)59-33)29(18(47)12(6-41)61-36)65-32-21(50)19(48)14(43)8(2-37)58-32/h7-55H,2-6H2,1H3/t7-,8+,9+,10+,11+,12+,13-,14+,15+,16+,17+,18+,19-,20-,21+,22-,23+,24+,25-,26+,27-,28-,29-,30-,31-,32-,33+,34-,35-,36-/m0/s1. The highest BCUT2D eigenvalue weighted by molar-refractivity contribution is 5.00. The van der Waals surface area contributed by atoms with Crippen molar-refractivity contribution in [3.8, 4) is 0 Å². The van der Waals surface area contributed by atoms with E-state index >= 15 is 0 Å². The van der Waals surface area contributed by atoms with Gasteiger partial charge < -0.3 is 149 Å². The molecule has 6 aliphatic heterocycles. The summed E-state index contributed by atoms with van der Waals surface area (Å²) in [5.41, 5.74) is 0. The van der Waals surface area contributed by atoms with E-state index in [0.717, 1.165) is 0 Å². The average Bonchev–Trinajstić information content (AvgIpc) is 3.30. The van der Waals surface area contributed by atoms with Gasteiger partial charge in [0.05, 0.1) is 39.1 Å². The Balaban J connectivity index is 1.29. The van der Waals surface area contributed by atoms with Crippen LogP contribution in [0.4, 0.5) is 0 Å². The predicted molar refractivity (Wildman–Crippen MR) is 198 cm³/mol. The fraction of sp³-hybridized carbons (Fsp3) is 1.00. The molecule has 66 heavy (non-hydrogen) atoms. The van der Waals surface area contributed by atoms with Crippen LogP contribution in [-0.4, -0.2) is 314 Å². The molecule has 30 heteroatoms. The maximum atomic E-state index is 11.7. The van der Waals surface area contributed by atoms with Gasteiger partial charge in [0, 0.05) is 0 Å². The molecule has 386 valence electrons. The molecule has 6 rings (SSSR count). The van der Waals surface area contributed by atoms with Crippen LogP contribution in [-0.2, 0) is 52.1 Å². The van der Waals surface area contributed by atoms with E-state index in [0.29, 0.717) is 0 Å². The molecule has 30 nitrogen and oxygen atoms in total. The van der Waals surface area contributed by atoms with E-state index in [1.165, 1.54) is 6.92 Å². The molecule has 6 saturated heterocycles. The van der Waals surface area contributed by atoms with Crippen molar-refractivity contribution >= 4 is 0 Å². The zero-order valence-electron chi connectivity index (χ0n) is 34.8. The molecule has 0 radical (unpaired) electrons. The van der Waals surface area contributed by atoms with E-state index in [4.69, 9.17) is 52.1 Å². The summed E-state index contributed by atoms with van der Waals surface area (Å²) >= 11 is 0. The van der Waals surface area contributed by atoms with E-state index in [1.54, 1.807) is 0 Å². The van der Waals surface area contributed by atoms with Crippen LogP contribution in [0.1, 0.15) is 6.92 Å². The summed E-state index contributed by atoms with van der Waals surface area (Å²) in [5.74, 6) is 0. The molecule has 6 fully saturated rings. The third-order valence-corrected chi connectivity index (χ3v) is 12.4. The summed E-state index contributed by atoms with van der Waals surface area (Å²) in [4.78, 5) is 0. The van der Waals surface area contributed by atoms with Gasteiger partial charge in [0.1, 0.15) is 140 Å². The highest BCUT2D eigenvalue weighted by Gasteiger charge is 2.58. The minimum absolute atomic E-state index is 0.836. The topological polar surface area (TPSA) is 486 Å². The van der Waals surface area contributed by atoms with Gasteiger partial charge in [0.25, 0.3) is 0 Å². The first-order valence-corrected chi connectivity index (χ1v) is 21.0. The van der Waals surface area contributed by atoms with Gasteiger partial charge in [-0.05, 0) is 6.92 Å². The molecule has 0 bridgehead atoms. The van der Waals surface area contributed by atoms with E-state index in [2.05, 4.69) is 0 Å². The molecule has 0 aromatic heterocycles. The van der Waals surface area contributed by atoms with Gasteiger partial charge in [0.2, 0.25) is 0 Å². The minimum Gasteiger partial charge on any atom is -0.394 e. The monoisotopic (exact) mass is 974 g/mol. The molecule has 30 atom stereocenters. The third-order valence-electron chi connectivity index (χ3n) is 12.4. The van der Waals surface area contributed by atoms with Crippen LogP contribution in [0.3, 0.4) is 0 Å². The van der Waals surface area contributed by atoms with E-state index in [1.807, 2.05) is 0 Å². The fourth-order valence-corrected chi connectivity index (χ4v) is 8.41. The maximum Gasteiger partial charge on any atom is 0.187 e. The molecule has 0 unspecified atom stereocenters. The second kappa shape index (κ2) is 22.9. The number of ether oxygens (including phenoxy) is 11. The van der Waals surface area contributed by atoms with Crippen molar-refractivity contribution in [2.75, 3.05) is 33.0 Å². The summed E-state index contributed by atoms with van der Waals surface area (Å²) < 4.78 is 61.9. The number of hydrogen-bond acceptors (Lipinski definition) is 30. The Morgan fingerprint density at radius 2 is 0.576 bits per heavy atom. The van der Waals surface area contributed by atoms with Gasteiger partial charge in [-0.1, -0.05) is 0 Å². The summed E-state index contributed by atoms with van der Waals surface area (Å²) in [5, 5.41) is 202. The first kappa shape index (κ1) is 54.1. The van der Waals surface area contributed by atoms with Gasteiger partial charge in [-0.3, -0.25) is 0 Å². The van der Waals surface area contributed by atoms with E-state index < -0.39 is 217 Å². The Morgan fingerprint density at radius 1 is 0.273 bits per heavy atom. The second-order valence-electron chi connectivity index (χ2n) is 16.7. The lowest BCUT2D eigenvalue weighted by molar-refractivity contribution is -0.410. The largest absolute Gasteiger partial charge is 0.394 e. The number of hydrogen-bond donors (Lipinski definition) is 19. The molecule has 0 aromatic carbocycles. The van der Waals surface area contributed by atoms with Crippen molar-refractivity contribution in [2.24, 2.45) is 0 Å². The molecule has 0 amide bonds. The van der Waals surface area contributed by atoms with Crippen molar-refractivity contribution < 1.29 is 149 Å². The molecule has 19 N–H and O–H groups in total. The Kier molecular flexibility index (Phi) is 18.8. The molecular formula is C36H62O30. The van der Waals surface area contributed by atoms with Crippen LogP contribution in [0, 0.1) is 0 Å². The lowest BCUT2D eigenvalue weighted by atomic mass is 9.95. The van der Waals surface area contributed by atoms with Crippen LogP contribution in [0.25, 0.3) is 0 Å². The van der Waals surface area contributed by atoms with Gasteiger partial charge >= 0.3 is 0 Å². The average molecular weight is 975 g/mol. The minimum atomic E-state index is -2.26. The van der Waals surface area contributed by atoms with Crippen molar-refractivity contribution in [3.63, 3.8) is 0 Å². The molecule has 0 saturated carbocycles. The molecule has 6 heterocycles. The third kappa shape index (κ3) is 10.8. The van der Waals surface area contributed by atoms with Gasteiger partial charge in [0.15, 0.2) is 37.7 Å². The van der Waals surface area contributed by atoms with Crippen LogP contribution in [0.5, 0.6) is 0 Å². The van der Waals surface area contributed by atoms with Crippen molar-refractivity contribution in [2.45, 2.75) is 191 Å². The smallest absolute Gasteiger partial charge is 0.187 e. The highest BCUT2D eigenvalue weighted by atomic mass is 16.8. The Morgan fingerprint density at radius 3 is 1.03 bits per heavy atom. The van der Waals surface area contributed by atoms with Gasteiger partial charge in [-0.25, -0.2) is 0 Å². The normalized spacial score (nSPS) is 54.0. The van der Waals surface area contributed by atoms with E-state index in [9.17, 15) is 97.0 Å². The van der Waals surface area contributed by atoms with Crippen LogP contribution >= 0.6 is 0 Å². The Labute approximate surface area is 373 Å². The SMILES string of the molecule is C[C@@H]1O[C@@H](O[C@@H]2[C@@H](O)[C@@H](O)O[C@H](CO)[C@H]2O)[C@H](O)[C@H](O[C@@H]2O[C@H](CO)[C@@H](O)[C@H](O[C@@H]3O[C@H](CO)[C@@H](O)[C@H](O[C@@H]4O[C@H](CO)[C@@H](O)[C@H](O)[C@H]4O)[C@@H]3O[C@H]3O[C@H](CO)[C@@H](O)[C@H](O)[C@@H]3O)[C@@H]2O)[C@H]1O. The molecular weight excluding hydrogens is 912 g/mol. The number of aliphatic hydroxyl groups excluding tert-OH is 19. The Bertz CT molecular complexity index is 1490. The molecule has 6 aliphatic rings. The summed E-state index contributed by atoms with van der Waals surface area (Å²) in [7, 11) is 0. The first-order chi connectivity index (χ1) is 31.2. The quantitative estimate of drug-likeness (QED) is 0.0724. The Hall–Kier alpha value is -1.20. The zero-order chi connectivity index (χ0) is 48.6. The number of rotatable bonds is 15. The zero-order valence-corrected chi connectivity index (χ0v) is 34.8. The van der Waals surface area contributed by atoms with Crippen LogP contribution < -0.4 is 0 Å². The fourth-order valence-electron chi connectivity index (χ4n) is 8.41. The summed E-state index contributed by atoms with van der Waals surface area (Å²) in [6.45, 7) is -3.55. The lowest BCUT2D eigenvalue weighted by Crippen LogP contribution is -2.69. The van der Waals surface area contributed by atoms with Crippen LogP contribution in [0.15, 0.2) is 0 Å². The number of aliphatic hydroxyl groups is 19. The predicted octanol–water partition coefficient (Wildman–Crippen LogP) is -13.1. The highest BCUT2D eigenvalue weighted by Crippen LogP contribution is 2.38. The summed E-state index contributed by atoms with van der Waals surface area (Å²) in [6, 6.07) is 0. The van der Waals surface area contributed by atoms with Gasteiger partial charge in [-0.15, -0.1) is 0 Å². The molecule has 0 aliphatic carbocycles. The summed E-state index contributed by atoms with van der Waals surface area (Å²) in [6.07, 6.45) is -58.0.